The lowest BCUT2D eigenvalue weighted by Crippen LogP contribution is -2.19. The van der Waals surface area contributed by atoms with Crippen LogP contribution in [0.2, 0.25) is 0 Å². The van der Waals surface area contributed by atoms with E-state index < -0.39 is 10.0 Å². The molecule has 2 aromatic rings. The van der Waals surface area contributed by atoms with Gasteiger partial charge in [-0.25, -0.2) is 4.83 Å². The lowest BCUT2D eigenvalue weighted by atomic mass is 10.2. The predicted molar refractivity (Wildman–Crippen MR) is 86.8 cm³/mol. The molecule has 0 bridgehead atoms. The number of rotatable bonds is 5. The van der Waals surface area contributed by atoms with E-state index in [2.05, 4.69) is 9.93 Å². The van der Waals surface area contributed by atoms with Gasteiger partial charge in [-0.05, 0) is 43.2 Å². The Labute approximate surface area is 130 Å². The van der Waals surface area contributed by atoms with E-state index in [0.29, 0.717) is 16.9 Å². The minimum absolute atomic E-state index is 0.227. The molecule has 5 nitrogen and oxygen atoms in total. The van der Waals surface area contributed by atoms with Crippen LogP contribution in [0.1, 0.15) is 16.7 Å². The number of nitrogens with zero attached hydrogens (tertiary/aromatic N) is 1. The second-order valence-electron chi connectivity index (χ2n) is 4.86. The van der Waals surface area contributed by atoms with Crippen molar-refractivity contribution in [1.29, 1.82) is 0 Å². The lowest BCUT2D eigenvalue weighted by molar-refractivity contribution is 0.414. The predicted octanol–water partition coefficient (Wildman–Crippen LogP) is 2.62. The minimum atomic E-state index is -3.69. The summed E-state index contributed by atoms with van der Waals surface area (Å²) in [4.78, 5) is 2.46. The Morgan fingerprint density at radius 1 is 1.14 bits per heavy atom. The molecular formula is C16H18N2O3S. The molecule has 6 heteroatoms. The molecule has 22 heavy (non-hydrogen) atoms. The quantitative estimate of drug-likeness (QED) is 0.680. The van der Waals surface area contributed by atoms with Crippen LogP contribution in [0.25, 0.3) is 0 Å². The average molecular weight is 318 g/mol. The second kappa shape index (κ2) is 6.62. The summed E-state index contributed by atoms with van der Waals surface area (Å²) in [6.45, 7) is 3.59. The summed E-state index contributed by atoms with van der Waals surface area (Å²) >= 11 is 0. The molecule has 0 aliphatic carbocycles. The van der Waals surface area contributed by atoms with Crippen LogP contribution >= 0.6 is 0 Å². The molecule has 0 amide bonds. The molecule has 1 N–H and O–H groups in total. The Kier molecular flexibility index (Phi) is 4.82. The number of hydrazone groups is 1. The van der Waals surface area contributed by atoms with E-state index in [-0.39, 0.29) is 4.90 Å². The van der Waals surface area contributed by atoms with Gasteiger partial charge in [0.15, 0.2) is 0 Å². The molecule has 0 fully saturated rings. The number of hydrogen-bond acceptors (Lipinski definition) is 4. The van der Waals surface area contributed by atoms with Crippen LogP contribution < -0.4 is 9.57 Å². The van der Waals surface area contributed by atoms with E-state index in [9.17, 15) is 8.42 Å². The number of hydrogen-bond donors (Lipinski definition) is 1. The Morgan fingerprint density at radius 2 is 1.86 bits per heavy atom. The van der Waals surface area contributed by atoms with Gasteiger partial charge in [0.1, 0.15) is 5.75 Å². The Balaban J connectivity index is 2.23. The van der Waals surface area contributed by atoms with Crippen molar-refractivity contribution >= 4 is 16.2 Å². The fraction of sp³-hybridized carbons (Fsp3) is 0.188. The number of sulfonamides is 1. The fourth-order valence-corrected chi connectivity index (χ4v) is 3.11. The first-order valence-electron chi connectivity index (χ1n) is 6.69. The van der Waals surface area contributed by atoms with Crippen molar-refractivity contribution in [2.24, 2.45) is 5.10 Å². The molecule has 0 unspecified atom stereocenters. The summed E-state index contributed by atoms with van der Waals surface area (Å²) in [5.41, 5.74) is 2.24. The zero-order chi connectivity index (χ0) is 16.2. The van der Waals surface area contributed by atoms with Crippen LogP contribution in [0.3, 0.4) is 0 Å². The zero-order valence-corrected chi connectivity index (χ0v) is 13.5. The van der Waals surface area contributed by atoms with Gasteiger partial charge < -0.3 is 4.74 Å². The molecule has 116 valence electrons. The molecule has 0 aliphatic rings. The third-order valence-electron chi connectivity index (χ3n) is 3.15. The second-order valence-corrected chi connectivity index (χ2v) is 6.49. The third-order valence-corrected chi connectivity index (χ3v) is 4.51. The van der Waals surface area contributed by atoms with Crippen LogP contribution in [0.15, 0.2) is 52.5 Å². The first-order chi connectivity index (χ1) is 10.4. The van der Waals surface area contributed by atoms with Gasteiger partial charge in [-0.15, -0.1) is 0 Å². The van der Waals surface area contributed by atoms with Crippen molar-refractivity contribution < 1.29 is 13.2 Å². The van der Waals surface area contributed by atoms with Gasteiger partial charge in [0.2, 0.25) is 0 Å². The van der Waals surface area contributed by atoms with Crippen molar-refractivity contribution in [3.63, 3.8) is 0 Å². The summed E-state index contributed by atoms with van der Waals surface area (Å²) in [5, 5.41) is 3.83. The monoisotopic (exact) mass is 318 g/mol. The standard InChI is InChI=1S/C16H18N2O3S/c1-12-8-9-13(2)16(10-12)22(19,20)18-17-11-14-6-4-5-7-15(14)21-3/h4-11,18H,1-3H3. The van der Waals surface area contributed by atoms with Gasteiger partial charge in [0.05, 0.1) is 18.2 Å². The van der Waals surface area contributed by atoms with Crippen molar-refractivity contribution in [1.82, 2.24) is 4.83 Å². The highest BCUT2D eigenvalue weighted by atomic mass is 32.2. The molecule has 0 saturated carbocycles. The highest BCUT2D eigenvalue weighted by Crippen LogP contribution is 2.17. The normalized spacial score (nSPS) is 11.6. The van der Waals surface area contributed by atoms with Crippen LogP contribution in [-0.2, 0) is 10.0 Å². The average Bonchev–Trinajstić information content (AvgIpc) is 2.50. The number of methoxy groups -OCH3 is 1. The molecule has 0 radical (unpaired) electrons. The number of ether oxygens (including phenoxy) is 1. The maximum Gasteiger partial charge on any atom is 0.276 e. The molecular weight excluding hydrogens is 300 g/mol. The van der Waals surface area contributed by atoms with Crippen molar-refractivity contribution in [2.45, 2.75) is 18.7 Å². The Hall–Kier alpha value is -2.34. The summed E-state index contributed by atoms with van der Waals surface area (Å²) in [6, 6.07) is 12.5. The topological polar surface area (TPSA) is 67.8 Å². The summed E-state index contributed by atoms with van der Waals surface area (Å²) in [5.74, 6) is 0.622. The van der Waals surface area contributed by atoms with Gasteiger partial charge in [0.25, 0.3) is 10.0 Å². The number of para-hydroxylation sites is 1. The zero-order valence-electron chi connectivity index (χ0n) is 12.7. The molecule has 0 heterocycles. The molecule has 0 atom stereocenters. The van der Waals surface area contributed by atoms with Gasteiger partial charge in [-0.3, -0.25) is 0 Å². The lowest BCUT2D eigenvalue weighted by Gasteiger charge is -2.08. The Bertz CT molecular complexity index is 799. The van der Waals surface area contributed by atoms with Crippen LogP contribution in [0.5, 0.6) is 5.75 Å². The highest BCUT2D eigenvalue weighted by Gasteiger charge is 2.15. The van der Waals surface area contributed by atoms with Crippen LogP contribution in [0, 0.1) is 13.8 Å². The SMILES string of the molecule is COc1ccccc1C=NNS(=O)(=O)c1cc(C)ccc1C. The van der Waals surface area contributed by atoms with Gasteiger partial charge >= 0.3 is 0 Å². The maximum atomic E-state index is 12.3. The molecule has 0 aromatic heterocycles. The summed E-state index contributed by atoms with van der Waals surface area (Å²) < 4.78 is 29.8. The number of nitrogens with one attached hydrogen (secondary N) is 1. The van der Waals surface area contributed by atoms with Crippen molar-refractivity contribution in [3.05, 3.63) is 59.2 Å². The van der Waals surface area contributed by atoms with Gasteiger partial charge in [0, 0.05) is 5.56 Å². The fourth-order valence-electron chi connectivity index (χ4n) is 1.98. The maximum absolute atomic E-state index is 12.3. The van der Waals surface area contributed by atoms with Crippen LogP contribution in [0.4, 0.5) is 0 Å². The number of benzene rings is 2. The van der Waals surface area contributed by atoms with Gasteiger partial charge in [-0.2, -0.15) is 13.5 Å². The molecule has 0 saturated heterocycles. The summed E-state index contributed by atoms with van der Waals surface area (Å²) in [7, 11) is -2.14. The van der Waals surface area contributed by atoms with E-state index in [1.807, 2.05) is 25.1 Å². The smallest absolute Gasteiger partial charge is 0.276 e. The molecule has 0 spiro atoms. The van der Waals surface area contributed by atoms with E-state index in [4.69, 9.17) is 4.74 Å². The van der Waals surface area contributed by atoms with E-state index in [1.165, 1.54) is 6.21 Å². The van der Waals surface area contributed by atoms with Crippen molar-refractivity contribution in [2.75, 3.05) is 7.11 Å². The number of aryl methyl sites for hydroxylation is 2. The van der Waals surface area contributed by atoms with E-state index in [1.54, 1.807) is 38.3 Å². The first-order valence-corrected chi connectivity index (χ1v) is 8.17. The highest BCUT2D eigenvalue weighted by molar-refractivity contribution is 7.89. The van der Waals surface area contributed by atoms with Crippen LogP contribution in [-0.4, -0.2) is 21.7 Å². The third kappa shape index (κ3) is 3.65. The minimum Gasteiger partial charge on any atom is -0.496 e. The van der Waals surface area contributed by atoms with E-state index in [0.717, 1.165) is 5.56 Å². The summed E-state index contributed by atoms with van der Waals surface area (Å²) in [6.07, 6.45) is 1.42. The van der Waals surface area contributed by atoms with E-state index >= 15 is 0 Å². The molecule has 2 rings (SSSR count). The molecule has 0 aliphatic heterocycles. The van der Waals surface area contributed by atoms with Gasteiger partial charge in [-0.1, -0.05) is 24.3 Å². The largest absolute Gasteiger partial charge is 0.496 e. The van der Waals surface area contributed by atoms with Crippen molar-refractivity contribution in [3.8, 4) is 5.75 Å². The first kappa shape index (κ1) is 16.0. The molecule has 2 aromatic carbocycles. The Morgan fingerprint density at radius 3 is 2.59 bits per heavy atom.